The highest BCUT2D eigenvalue weighted by Crippen LogP contribution is 2.25. The molecule has 1 fully saturated rings. The summed E-state index contributed by atoms with van der Waals surface area (Å²) in [6, 6.07) is 14.8. The number of benzene rings is 2. The molecule has 1 saturated heterocycles. The molecule has 0 spiro atoms. The topological polar surface area (TPSA) is 130 Å². The van der Waals surface area contributed by atoms with E-state index >= 15 is 0 Å². The second kappa shape index (κ2) is 12.1. The van der Waals surface area contributed by atoms with E-state index in [0.29, 0.717) is 42.6 Å². The van der Waals surface area contributed by atoms with Gasteiger partial charge in [-0.15, -0.1) is 0 Å². The second-order valence-corrected chi connectivity index (χ2v) is 9.48. The number of carbonyl (C=O) groups is 2. The fourth-order valence-electron chi connectivity index (χ4n) is 5.12. The number of para-hydroxylation sites is 1. The molecule has 0 saturated carbocycles. The summed E-state index contributed by atoms with van der Waals surface area (Å²) in [6.07, 6.45) is 2.01. The number of hydrogen-bond donors (Lipinski definition) is 4. The van der Waals surface area contributed by atoms with Crippen LogP contribution in [0.4, 0.5) is 0 Å². The van der Waals surface area contributed by atoms with Gasteiger partial charge in [-0.1, -0.05) is 25.1 Å². The van der Waals surface area contributed by atoms with E-state index in [1.165, 1.54) is 0 Å². The smallest absolute Gasteiger partial charge is 0.261 e. The lowest BCUT2D eigenvalue weighted by Crippen LogP contribution is -2.52. The van der Waals surface area contributed by atoms with Crippen molar-refractivity contribution >= 4 is 22.7 Å². The lowest BCUT2D eigenvalue weighted by Gasteiger charge is -2.37. The zero-order valence-electron chi connectivity index (χ0n) is 21.4. The summed E-state index contributed by atoms with van der Waals surface area (Å²) in [6.45, 7) is 6.64. The van der Waals surface area contributed by atoms with Gasteiger partial charge in [0.25, 0.3) is 5.91 Å². The van der Waals surface area contributed by atoms with Crippen LogP contribution in [-0.4, -0.2) is 58.6 Å². The monoisotopic (exact) mass is 505 g/mol. The van der Waals surface area contributed by atoms with Gasteiger partial charge in [0.05, 0.1) is 11.6 Å². The summed E-state index contributed by atoms with van der Waals surface area (Å²) in [7, 11) is 0. The fourth-order valence-corrected chi connectivity index (χ4v) is 5.12. The van der Waals surface area contributed by atoms with Crippen LogP contribution in [0.5, 0.6) is 5.75 Å². The third-order valence-corrected chi connectivity index (χ3v) is 6.96. The largest absolute Gasteiger partial charge is 0.489 e. The molecule has 0 unspecified atom stereocenters. The highest BCUT2D eigenvalue weighted by Gasteiger charge is 2.31. The van der Waals surface area contributed by atoms with E-state index in [1.54, 1.807) is 23.7 Å². The van der Waals surface area contributed by atoms with E-state index in [2.05, 4.69) is 17.2 Å². The van der Waals surface area contributed by atoms with Gasteiger partial charge in [-0.3, -0.25) is 24.7 Å². The van der Waals surface area contributed by atoms with Crippen LogP contribution in [0.2, 0.25) is 0 Å². The molecule has 9 heteroatoms. The number of hydroxylamine groups is 1. The molecule has 3 aromatic rings. The molecule has 196 valence electrons. The molecule has 1 aromatic heterocycles. The number of amides is 2. The summed E-state index contributed by atoms with van der Waals surface area (Å²) in [5.74, 6) is -0.527. The molecular weight excluding hydrogens is 470 g/mol. The van der Waals surface area contributed by atoms with E-state index in [0.717, 1.165) is 41.5 Å². The van der Waals surface area contributed by atoms with Crippen LogP contribution in [0.3, 0.4) is 0 Å². The minimum Gasteiger partial charge on any atom is -0.489 e. The predicted octanol–water partition coefficient (Wildman–Crippen LogP) is 2.71. The van der Waals surface area contributed by atoms with Crippen LogP contribution >= 0.6 is 0 Å². The van der Waals surface area contributed by atoms with Gasteiger partial charge >= 0.3 is 0 Å². The van der Waals surface area contributed by atoms with Crippen LogP contribution in [-0.2, 0) is 17.8 Å². The third-order valence-electron chi connectivity index (χ3n) is 6.96. The third kappa shape index (κ3) is 6.43. The quantitative estimate of drug-likeness (QED) is 0.246. The van der Waals surface area contributed by atoms with Gasteiger partial charge in [-0.25, -0.2) is 5.48 Å². The maximum atomic E-state index is 12.7. The fraction of sp³-hybridized carbons (Fsp3) is 0.393. The molecule has 0 bridgehead atoms. The Labute approximate surface area is 217 Å². The number of ether oxygens (including phenoxy) is 1. The first-order valence-electron chi connectivity index (χ1n) is 12.7. The normalized spacial score (nSPS) is 15.4. The highest BCUT2D eigenvalue weighted by molar-refractivity contribution is 5.95. The number of aromatic nitrogens is 1. The Morgan fingerprint density at radius 3 is 2.62 bits per heavy atom. The Kier molecular flexibility index (Phi) is 8.70. The number of pyridine rings is 1. The Balaban J connectivity index is 1.56. The molecule has 2 heterocycles. The Morgan fingerprint density at radius 2 is 1.92 bits per heavy atom. The van der Waals surface area contributed by atoms with Gasteiger partial charge in [-0.2, -0.15) is 0 Å². The van der Waals surface area contributed by atoms with Crippen molar-refractivity contribution < 1.29 is 19.5 Å². The molecule has 0 radical (unpaired) electrons. The number of aryl methyl sites for hydroxylation is 1. The molecule has 1 aliphatic heterocycles. The second-order valence-electron chi connectivity index (χ2n) is 9.48. The van der Waals surface area contributed by atoms with Crippen molar-refractivity contribution in [2.24, 2.45) is 5.73 Å². The summed E-state index contributed by atoms with van der Waals surface area (Å²) >= 11 is 0. The molecule has 9 nitrogen and oxygen atoms in total. The maximum absolute atomic E-state index is 12.7. The standard InChI is InChI=1S/C28H35N5O4/c1-3-30-21-10-12-33(13-11-21)26(28(35)32-36)16-19-15-22(8-9-24(19)27(29)34)37-17-20-14-18(2)31-25-7-5-4-6-23(20)25/h4-9,14-15,21,26,30,36H,3,10-13,16-17H2,1-2H3,(H2,29,34)(H,32,35)/t26-/m0/s1. The van der Waals surface area contributed by atoms with Crippen LogP contribution in [0.15, 0.2) is 48.5 Å². The lowest BCUT2D eigenvalue weighted by atomic mass is 9.95. The maximum Gasteiger partial charge on any atom is 0.261 e. The van der Waals surface area contributed by atoms with Crippen molar-refractivity contribution in [1.82, 2.24) is 20.7 Å². The Hall–Kier alpha value is -3.53. The zero-order chi connectivity index (χ0) is 26.4. The minimum absolute atomic E-state index is 0.213. The van der Waals surface area contributed by atoms with E-state index in [9.17, 15) is 14.8 Å². The van der Waals surface area contributed by atoms with Crippen LogP contribution in [0.25, 0.3) is 10.9 Å². The van der Waals surface area contributed by atoms with Crippen LogP contribution in [0, 0.1) is 6.92 Å². The van der Waals surface area contributed by atoms with Gasteiger partial charge < -0.3 is 15.8 Å². The molecule has 1 aliphatic rings. The number of hydrogen-bond acceptors (Lipinski definition) is 7. The number of likely N-dealkylation sites (tertiary alicyclic amines) is 1. The summed E-state index contributed by atoms with van der Waals surface area (Å²) in [4.78, 5) is 31.5. The molecular formula is C28H35N5O4. The number of primary amides is 1. The molecule has 4 rings (SSSR count). The number of nitrogens with zero attached hydrogens (tertiary/aromatic N) is 2. The average Bonchev–Trinajstić information content (AvgIpc) is 2.90. The number of piperidine rings is 1. The minimum atomic E-state index is -0.646. The number of fused-ring (bicyclic) bond motifs is 1. The number of rotatable bonds is 10. The summed E-state index contributed by atoms with van der Waals surface area (Å²) in [5.41, 5.74) is 11.2. The van der Waals surface area contributed by atoms with E-state index in [1.807, 2.05) is 42.2 Å². The van der Waals surface area contributed by atoms with Gasteiger partial charge in [0.15, 0.2) is 0 Å². The SMILES string of the molecule is CCNC1CCN([C@@H](Cc2cc(OCc3cc(C)nc4ccccc34)ccc2C(N)=O)C(=O)NO)CC1. The van der Waals surface area contributed by atoms with E-state index < -0.39 is 17.9 Å². The van der Waals surface area contributed by atoms with Crippen molar-refractivity contribution in [3.8, 4) is 5.75 Å². The van der Waals surface area contributed by atoms with Gasteiger partial charge in [-0.05, 0) is 68.6 Å². The molecule has 5 N–H and O–H groups in total. The Morgan fingerprint density at radius 1 is 1.16 bits per heavy atom. The van der Waals surface area contributed by atoms with E-state index in [-0.39, 0.29) is 6.42 Å². The molecule has 37 heavy (non-hydrogen) atoms. The highest BCUT2D eigenvalue weighted by atomic mass is 16.5. The van der Waals surface area contributed by atoms with Crippen LogP contribution < -0.4 is 21.3 Å². The number of nitrogens with one attached hydrogen (secondary N) is 2. The van der Waals surface area contributed by atoms with Crippen molar-refractivity contribution in [3.63, 3.8) is 0 Å². The van der Waals surface area contributed by atoms with Gasteiger partial charge in [0.1, 0.15) is 12.4 Å². The molecule has 0 aliphatic carbocycles. The van der Waals surface area contributed by atoms with Gasteiger partial charge in [0.2, 0.25) is 5.91 Å². The number of nitrogens with two attached hydrogens (primary N) is 1. The van der Waals surface area contributed by atoms with Crippen LogP contribution in [0.1, 0.15) is 46.9 Å². The first-order chi connectivity index (χ1) is 17.9. The Bertz CT molecular complexity index is 1260. The predicted molar refractivity (Wildman–Crippen MR) is 141 cm³/mol. The van der Waals surface area contributed by atoms with Crippen molar-refractivity contribution in [2.45, 2.75) is 51.8 Å². The summed E-state index contributed by atoms with van der Waals surface area (Å²) < 4.78 is 6.13. The first-order valence-corrected chi connectivity index (χ1v) is 12.7. The molecule has 2 aromatic carbocycles. The zero-order valence-corrected chi connectivity index (χ0v) is 21.4. The molecule has 2 amide bonds. The average molecular weight is 506 g/mol. The van der Waals surface area contributed by atoms with Crippen molar-refractivity contribution in [1.29, 1.82) is 0 Å². The van der Waals surface area contributed by atoms with E-state index in [4.69, 9.17) is 10.5 Å². The summed E-state index contributed by atoms with van der Waals surface area (Å²) in [5, 5.41) is 13.9. The lowest BCUT2D eigenvalue weighted by molar-refractivity contribution is -0.135. The van der Waals surface area contributed by atoms with Gasteiger partial charge in [0, 0.05) is 41.3 Å². The van der Waals surface area contributed by atoms with Crippen molar-refractivity contribution in [2.75, 3.05) is 19.6 Å². The number of carbonyl (C=O) groups excluding carboxylic acids is 2. The molecule has 1 atom stereocenters. The van der Waals surface area contributed by atoms with Crippen molar-refractivity contribution in [3.05, 3.63) is 70.9 Å². The first kappa shape index (κ1) is 26.5.